The van der Waals surface area contributed by atoms with E-state index in [9.17, 15) is 0 Å². The van der Waals surface area contributed by atoms with Gasteiger partial charge in [-0.15, -0.1) is 5.73 Å². The molecule has 2 aliphatic carbocycles. The van der Waals surface area contributed by atoms with Crippen LogP contribution in [-0.2, 0) is 0 Å². The van der Waals surface area contributed by atoms with E-state index in [0.717, 1.165) is 57.9 Å². The summed E-state index contributed by atoms with van der Waals surface area (Å²) in [6.45, 7) is 10.8. The van der Waals surface area contributed by atoms with Gasteiger partial charge < -0.3 is 9.80 Å². The summed E-state index contributed by atoms with van der Waals surface area (Å²) in [4.78, 5) is 9.26. The van der Waals surface area contributed by atoms with E-state index in [4.69, 9.17) is 4.99 Å². The molecule has 2 aliphatic heterocycles. The fourth-order valence-corrected chi connectivity index (χ4v) is 6.47. The molecule has 0 saturated heterocycles. The monoisotopic (exact) mass is 621 g/mol. The molecule has 0 N–H and O–H groups in total. The first-order chi connectivity index (χ1) is 23.5. The third-order valence-corrected chi connectivity index (χ3v) is 8.94. The average molecular weight is 622 g/mol. The van der Waals surface area contributed by atoms with E-state index in [1.807, 2.05) is 31.4 Å². The van der Waals surface area contributed by atoms with Crippen molar-refractivity contribution >= 4 is 17.6 Å². The second-order valence-corrected chi connectivity index (χ2v) is 12.4. The van der Waals surface area contributed by atoms with Crippen LogP contribution in [0.4, 0.5) is 11.4 Å². The van der Waals surface area contributed by atoms with Crippen LogP contribution in [-0.4, -0.2) is 12.4 Å². The van der Waals surface area contributed by atoms with Crippen molar-refractivity contribution in [2.75, 3.05) is 9.80 Å². The van der Waals surface area contributed by atoms with Crippen molar-refractivity contribution in [1.82, 2.24) is 0 Å². The van der Waals surface area contributed by atoms with Gasteiger partial charge in [0.05, 0.1) is 5.70 Å². The SMILES string of the molecule is C=C(C)\C=C/C(=C\N(c1ccc(-c2ccccc2)cc1)C1C=CC=N1)C1=C/C(=C)N(c2cccc(C3C=CCC3)c2)C2=C(C=C=C2)/C=C\1. The van der Waals surface area contributed by atoms with Crippen molar-refractivity contribution < 1.29 is 0 Å². The minimum absolute atomic E-state index is 0.165. The summed E-state index contributed by atoms with van der Waals surface area (Å²) >= 11 is 0. The second kappa shape index (κ2) is 13.8. The van der Waals surface area contributed by atoms with Gasteiger partial charge in [0.2, 0.25) is 0 Å². The van der Waals surface area contributed by atoms with Crippen molar-refractivity contribution in [3.05, 3.63) is 210 Å². The third-order valence-electron chi connectivity index (χ3n) is 8.94. The smallest absolute Gasteiger partial charge is 0.144 e. The summed E-state index contributed by atoms with van der Waals surface area (Å²) in [5.74, 6) is 0.450. The Hall–Kier alpha value is -5.89. The molecule has 0 amide bonds. The van der Waals surface area contributed by atoms with E-state index >= 15 is 0 Å². The van der Waals surface area contributed by atoms with Crippen LogP contribution in [0.3, 0.4) is 0 Å². The van der Waals surface area contributed by atoms with Crippen LogP contribution in [0.25, 0.3) is 11.1 Å². The molecule has 234 valence electrons. The molecule has 2 heterocycles. The lowest BCUT2D eigenvalue weighted by Crippen LogP contribution is -2.26. The predicted molar refractivity (Wildman–Crippen MR) is 204 cm³/mol. The molecule has 3 aromatic carbocycles. The van der Waals surface area contributed by atoms with Crippen LogP contribution in [0.1, 0.15) is 31.2 Å². The Kier molecular flexibility index (Phi) is 8.87. The van der Waals surface area contributed by atoms with Gasteiger partial charge >= 0.3 is 0 Å². The summed E-state index contributed by atoms with van der Waals surface area (Å²) in [6, 6.07) is 28.0. The Morgan fingerprint density at radius 3 is 2.52 bits per heavy atom. The summed E-state index contributed by atoms with van der Waals surface area (Å²) in [6.07, 6.45) is 29.7. The lowest BCUT2D eigenvalue weighted by molar-refractivity contribution is 0.800. The summed E-state index contributed by atoms with van der Waals surface area (Å²) < 4.78 is 0. The minimum atomic E-state index is -0.165. The predicted octanol–water partition coefficient (Wildman–Crippen LogP) is 11.1. The molecular formula is C45H39N3. The van der Waals surface area contributed by atoms with E-state index in [2.05, 4.69) is 162 Å². The fraction of sp³-hybridized carbons (Fsp3) is 0.111. The summed E-state index contributed by atoms with van der Waals surface area (Å²) in [7, 11) is 0. The number of rotatable bonds is 9. The fourth-order valence-electron chi connectivity index (χ4n) is 6.47. The zero-order chi connectivity index (χ0) is 32.9. The van der Waals surface area contributed by atoms with Crippen LogP contribution in [0.15, 0.2) is 209 Å². The van der Waals surface area contributed by atoms with Gasteiger partial charge in [-0.2, -0.15) is 0 Å². The number of aliphatic imine (C=N–C) groups is 1. The number of allylic oxidation sites excluding steroid dienone is 13. The Bertz CT molecular complexity index is 2040. The average Bonchev–Trinajstić information content (AvgIpc) is 3.92. The van der Waals surface area contributed by atoms with Gasteiger partial charge in [0.1, 0.15) is 6.17 Å². The van der Waals surface area contributed by atoms with Crippen molar-refractivity contribution in [3.63, 3.8) is 0 Å². The van der Waals surface area contributed by atoms with Crippen LogP contribution >= 0.6 is 0 Å². The molecule has 0 aromatic heterocycles. The Balaban J connectivity index is 1.30. The summed E-state index contributed by atoms with van der Waals surface area (Å²) in [5, 5.41) is 0. The highest BCUT2D eigenvalue weighted by Crippen LogP contribution is 2.37. The molecule has 48 heavy (non-hydrogen) atoms. The zero-order valence-electron chi connectivity index (χ0n) is 27.3. The van der Waals surface area contributed by atoms with Gasteiger partial charge in [0.15, 0.2) is 0 Å². The Labute approximate surface area is 284 Å². The van der Waals surface area contributed by atoms with Gasteiger partial charge in [-0.1, -0.05) is 110 Å². The molecule has 0 saturated carbocycles. The molecule has 3 aromatic rings. The lowest BCUT2D eigenvalue weighted by atomic mass is 9.97. The first-order valence-electron chi connectivity index (χ1n) is 16.6. The van der Waals surface area contributed by atoms with Crippen molar-refractivity contribution in [1.29, 1.82) is 0 Å². The molecule has 0 bridgehead atoms. The highest BCUT2D eigenvalue weighted by Gasteiger charge is 2.22. The first-order valence-corrected chi connectivity index (χ1v) is 16.6. The largest absolute Gasteiger partial charge is 0.321 e. The standard InChI is InChI=1S/C45H39N3/c1-33(2)21-22-41(32-47(45-20-11-29-46-45)42-27-25-37(26-28-42)35-12-5-4-6-13-35)40-24-23-38-16-10-19-44(38)48(34(3)30-40)43-18-9-17-39(31-43)36-14-7-8-15-36/h4-7,9,11-14,16-32,36,45H,1,3,8,15H2,2H3/b22-21-,24-23-,40-30+,41-32+. The topological polar surface area (TPSA) is 18.8 Å². The van der Waals surface area contributed by atoms with Crippen molar-refractivity contribution in [2.24, 2.45) is 4.99 Å². The molecule has 0 radical (unpaired) electrons. The number of nitrogens with zero attached hydrogens (tertiary/aromatic N) is 3. The lowest BCUT2D eigenvalue weighted by Gasteiger charge is -2.29. The molecular weight excluding hydrogens is 583 g/mol. The molecule has 3 heteroatoms. The van der Waals surface area contributed by atoms with Crippen molar-refractivity contribution in [3.8, 4) is 11.1 Å². The third kappa shape index (κ3) is 6.64. The normalized spacial score (nSPS) is 21.5. The summed E-state index contributed by atoms with van der Waals surface area (Å²) in [5.41, 5.74) is 15.2. The van der Waals surface area contributed by atoms with E-state index in [0.29, 0.717) is 5.92 Å². The van der Waals surface area contributed by atoms with E-state index in [-0.39, 0.29) is 6.17 Å². The molecule has 4 aliphatic rings. The maximum Gasteiger partial charge on any atom is 0.144 e. The quantitative estimate of drug-likeness (QED) is 0.134. The Morgan fingerprint density at radius 1 is 0.938 bits per heavy atom. The molecule has 7 rings (SSSR count). The molecule has 0 fully saturated rings. The van der Waals surface area contributed by atoms with E-state index in [1.165, 1.54) is 16.7 Å². The van der Waals surface area contributed by atoms with Gasteiger partial charge in [-0.05, 0) is 96.2 Å². The molecule has 3 nitrogen and oxygen atoms in total. The minimum Gasteiger partial charge on any atom is -0.321 e. The van der Waals surface area contributed by atoms with Crippen LogP contribution in [0, 0.1) is 0 Å². The number of anilines is 2. The van der Waals surface area contributed by atoms with Crippen LogP contribution in [0.2, 0.25) is 0 Å². The maximum atomic E-state index is 4.78. The van der Waals surface area contributed by atoms with E-state index in [1.54, 1.807) is 0 Å². The van der Waals surface area contributed by atoms with Gasteiger partial charge in [-0.3, -0.25) is 4.99 Å². The van der Waals surface area contributed by atoms with E-state index < -0.39 is 0 Å². The highest BCUT2D eigenvalue weighted by atomic mass is 15.2. The highest BCUT2D eigenvalue weighted by molar-refractivity contribution is 5.76. The van der Waals surface area contributed by atoms with Crippen LogP contribution in [0.5, 0.6) is 0 Å². The Morgan fingerprint density at radius 2 is 1.77 bits per heavy atom. The second-order valence-electron chi connectivity index (χ2n) is 12.4. The molecule has 2 unspecified atom stereocenters. The number of benzene rings is 3. The molecule has 2 atom stereocenters. The first kappa shape index (κ1) is 30.7. The van der Waals surface area contributed by atoms with Gasteiger partial charge in [0.25, 0.3) is 0 Å². The number of hydrogen-bond donors (Lipinski definition) is 0. The van der Waals surface area contributed by atoms with Crippen molar-refractivity contribution in [2.45, 2.75) is 31.8 Å². The van der Waals surface area contributed by atoms with Crippen LogP contribution < -0.4 is 9.80 Å². The zero-order valence-corrected chi connectivity index (χ0v) is 27.3. The number of hydrogen-bond acceptors (Lipinski definition) is 3. The maximum absolute atomic E-state index is 4.78. The van der Waals surface area contributed by atoms with Gasteiger partial charge in [0, 0.05) is 47.1 Å². The van der Waals surface area contributed by atoms with Gasteiger partial charge in [-0.25, -0.2) is 0 Å². The molecule has 0 spiro atoms.